The van der Waals surface area contributed by atoms with E-state index in [9.17, 15) is 0 Å². The monoisotopic (exact) mass is 324 g/mol. The maximum atomic E-state index is 3.09. The van der Waals surface area contributed by atoms with E-state index in [4.69, 9.17) is 0 Å². The summed E-state index contributed by atoms with van der Waals surface area (Å²) in [5.74, 6) is 0. The van der Waals surface area contributed by atoms with Crippen LogP contribution < -0.4 is 10.6 Å². The summed E-state index contributed by atoms with van der Waals surface area (Å²) in [6.45, 7) is 1.92. The summed E-state index contributed by atoms with van der Waals surface area (Å²) in [6.07, 6.45) is 5.03. The first-order valence-corrected chi connectivity index (χ1v) is 8.85. The zero-order valence-electron chi connectivity index (χ0n) is 14.0. The van der Waals surface area contributed by atoms with Crippen LogP contribution in [0.2, 0.25) is 0 Å². The quantitative estimate of drug-likeness (QED) is 0.403. The van der Waals surface area contributed by atoms with Gasteiger partial charge < -0.3 is 5.32 Å². The Bertz CT molecular complexity index is 1120. The molecule has 2 nitrogen and oxygen atoms in total. The van der Waals surface area contributed by atoms with Gasteiger partial charge in [0.05, 0.1) is 6.67 Å². The van der Waals surface area contributed by atoms with Crippen molar-refractivity contribution < 1.29 is 0 Å². The number of nitrogens with one attached hydrogen (secondary N) is 2. The van der Waals surface area contributed by atoms with E-state index < -0.39 is 0 Å². The molecule has 25 heavy (non-hydrogen) atoms. The van der Waals surface area contributed by atoms with Crippen LogP contribution in [0.5, 0.6) is 0 Å². The number of hydrogen-bond donors (Lipinski definition) is 2. The number of benzene rings is 4. The molecule has 0 saturated heterocycles. The molecule has 1 heterocycles. The van der Waals surface area contributed by atoms with Gasteiger partial charge in [0.25, 0.3) is 0 Å². The molecular weight excluding hydrogens is 304 g/mol. The lowest BCUT2D eigenvalue weighted by Gasteiger charge is -2.15. The van der Waals surface area contributed by atoms with E-state index in [1.165, 1.54) is 43.4 Å². The molecule has 9 rings (SSSR count). The van der Waals surface area contributed by atoms with Gasteiger partial charge >= 0.3 is 0 Å². The summed E-state index contributed by atoms with van der Waals surface area (Å²) in [5, 5.41) is 14.3. The van der Waals surface area contributed by atoms with Gasteiger partial charge in [-0.15, -0.1) is 0 Å². The molecule has 2 N–H and O–H groups in total. The van der Waals surface area contributed by atoms with E-state index in [0.717, 1.165) is 19.6 Å². The SMILES string of the molecule is C1=CNCNC1.c1cc2c3ccc4c5ccc(cc5ccc4c3c1)C2. The second kappa shape index (κ2) is 5.91. The minimum Gasteiger partial charge on any atom is -0.379 e. The molecule has 122 valence electrons. The third-order valence-electron chi connectivity index (χ3n) is 5.15. The fourth-order valence-electron chi connectivity index (χ4n) is 3.94. The topological polar surface area (TPSA) is 24.1 Å². The minimum atomic E-state index is 0.913. The van der Waals surface area contributed by atoms with Crippen LogP contribution in [0.1, 0.15) is 11.1 Å². The van der Waals surface area contributed by atoms with E-state index >= 15 is 0 Å². The summed E-state index contributed by atoms with van der Waals surface area (Å²) >= 11 is 0. The second-order valence-corrected chi connectivity index (χ2v) is 6.71. The van der Waals surface area contributed by atoms with Crippen molar-refractivity contribution in [1.29, 1.82) is 0 Å². The van der Waals surface area contributed by atoms with Gasteiger partial charge in [-0.3, -0.25) is 5.32 Å². The van der Waals surface area contributed by atoms with Crippen LogP contribution in [-0.2, 0) is 6.42 Å². The molecule has 0 radical (unpaired) electrons. The van der Waals surface area contributed by atoms with Crippen molar-refractivity contribution in [2.24, 2.45) is 0 Å². The van der Waals surface area contributed by atoms with Gasteiger partial charge in [0.2, 0.25) is 0 Å². The molecule has 8 bridgehead atoms. The van der Waals surface area contributed by atoms with E-state index in [0.29, 0.717) is 0 Å². The standard InChI is InChI=1S/C19H12.C4H8N2/c1-2-13-10-12-4-6-15-14(11-12)5-7-19-17(3-1)16(13)8-9-18(15)19;1-2-5-4-6-3-1/h1-9,11H,10H2;1-2,5-6H,3-4H2. The summed E-state index contributed by atoms with van der Waals surface area (Å²) in [5.41, 5.74) is 2.84. The molecule has 0 amide bonds. The lowest BCUT2D eigenvalue weighted by atomic mass is 9.89. The number of rotatable bonds is 0. The van der Waals surface area contributed by atoms with Gasteiger partial charge in [-0.1, -0.05) is 66.7 Å². The smallest absolute Gasteiger partial charge is 0.0650 e. The molecule has 0 fully saturated rings. The van der Waals surface area contributed by atoms with Crippen molar-refractivity contribution in [2.45, 2.75) is 6.42 Å². The van der Waals surface area contributed by atoms with Crippen molar-refractivity contribution in [2.75, 3.05) is 13.2 Å². The van der Waals surface area contributed by atoms with Crippen molar-refractivity contribution in [1.82, 2.24) is 10.6 Å². The van der Waals surface area contributed by atoms with Crippen LogP contribution in [-0.4, -0.2) is 13.2 Å². The van der Waals surface area contributed by atoms with Gasteiger partial charge in [-0.25, -0.2) is 0 Å². The minimum absolute atomic E-state index is 0.913. The highest BCUT2D eigenvalue weighted by Crippen LogP contribution is 2.35. The molecule has 0 atom stereocenters. The molecule has 0 unspecified atom stereocenters. The molecule has 4 aromatic carbocycles. The van der Waals surface area contributed by atoms with E-state index in [1.807, 2.05) is 12.3 Å². The molecular formula is C23H20N2. The highest BCUT2D eigenvalue weighted by molar-refractivity contribution is 6.18. The fourth-order valence-corrected chi connectivity index (χ4v) is 3.94. The Balaban J connectivity index is 0.000000201. The Hall–Kier alpha value is -2.84. The molecule has 2 heteroatoms. The summed E-state index contributed by atoms with van der Waals surface area (Å²) in [7, 11) is 0. The first kappa shape index (κ1) is 14.5. The average molecular weight is 324 g/mol. The Kier molecular flexibility index (Phi) is 3.43. The molecule has 0 saturated carbocycles. The average Bonchev–Trinajstić information content (AvgIpc) is 2.69. The number of hydrogen-bond acceptors (Lipinski definition) is 2. The Morgan fingerprint density at radius 2 is 1.52 bits per heavy atom. The highest BCUT2D eigenvalue weighted by Gasteiger charge is 2.11. The van der Waals surface area contributed by atoms with Gasteiger partial charge in [0.1, 0.15) is 0 Å². The largest absolute Gasteiger partial charge is 0.379 e. The Morgan fingerprint density at radius 3 is 2.32 bits per heavy atom. The molecule has 0 aromatic heterocycles. The van der Waals surface area contributed by atoms with Crippen LogP contribution >= 0.6 is 0 Å². The van der Waals surface area contributed by atoms with Crippen molar-refractivity contribution in [3.05, 3.63) is 84.1 Å². The van der Waals surface area contributed by atoms with E-state index in [-0.39, 0.29) is 0 Å². The fraction of sp³-hybridized carbons (Fsp3) is 0.130. The maximum absolute atomic E-state index is 3.09. The summed E-state index contributed by atoms with van der Waals surface area (Å²) < 4.78 is 0. The predicted molar refractivity (Wildman–Crippen MR) is 107 cm³/mol. The third kappa shape index (κ3) is 2.46. The summed E-state index contributed by atoms with van der Waals surface area (Å²) in [6, 6.07) is 22.7. The Labute approximate surface area is 147 Å². The predicted octanol–water partition coefficient (Wildman–Crippen LogP) is 4.70. The van der Waals surface area contributed by atoms with Crippen LogP contribution in [0, 0.1) is 0 Å². The highest BCUT2D eigenvalue weighted by atomic mass is 15.1. The van der Waals surface area contributed by atoms with Gasteiger partial charge in [0, 0.05) is 6.54 Å². The lowest BCUT2D eigenvalue weighted by molar-refractivity contribution is 0.669. The molecule has 1 aliphatic heterocycles. The normalized spacial score (nSPS) is 14.7. The second-order valence-electron chi connectivity index (χ2n) is 6.71. The first-order chi connectivity index (χ1) is 12.4. The molecule has 4 aromatic rings. The van der Waals surface area contributed by atoms with Crippen LogP contribution in [0.15, 0.2) is 72.9 Å². The maximum Gasteiger partial charge on any atom is 0.0650 e. The van der Waals surface area contributed by atoms with Crippen LogP contribution in [0.3, 0.4) is 0 Å². The van der Waals surface area contributed by atoms with Crippen molar-refractivity contribution in [3.63, 3.8) is 0 Å². The number of fused-ring (bicyclic) bond motifs is 1. The zero-order chi connectivity index (χ0) is 16.6. The van der Waals surface area contributed by atoms with Crippen LogP contribution in [0.25, 0.3) is 32.3 Å². The Morgan fingerprint density at radius 1 is 0.720 bits per heavy atom. The molecule has 0 spiro atoms. The van der Waals surface area contributed by atoms with Gasteiger partial charge in [-0.2, -0.15) is 0 Å². The van der Waals surface area contributed by atoms with Crippen LogP contribution in [0.4, 0.5) is 0 Å². The third-order valence-corrected chi connectivity index (χ3v) is 5.15. The first-order valence-electron chi connectivity index (χ1n) is 8.85. The summed E-state index contributed by atoms with van der Waals surface area (Å²) in [4.78, 5) is 0. The van der Waals surface area contributed by atoms with Gasteiger partial charge in [0.15, 0.2) is 0 Å². The van der Waals surface area contributed by atoms with Gasteiger partial charge in [-0.05, 0) is 56.1 Å². The lowest BCUT2D eigenvalue weighted by Crippen LogP contribution is -2.29. The zero-order valence-corrected chi connectivity index (χ0v) is 14.0. The molecule has 4 aliphatic carbocycles. The van der Waals surface area contributed by atoms with Crippen molar-refractivity contribution >= 4 is 32.3 Å². The van der Waals surface area contributed by atoms with Crippen molar-refractivity contribution in [3.8, 4) is 0 Å². The molecule has 5 aliphatic rings. The van der Waals surface area contributed by atoms with E-state index in [1.54, 1.807) is 0 Å². The van der Waals surface area contributed by atoms with E-state index in [2.05, 4.69) is 71.3 Å².